The summed E-state index contributed by atoms with van der Waals surface area (Å²) in [5, 5.41) is 18.6. The van der Waals surface area contributed by atoms with E-state index in [1.54, 1.807) is 13.1 Å². The maximum absolute atomic E-state index is 13.5. The van der Waals surface area contributed by atoms with Crippen molar-refractivity contribution in [3.8, 4) is 0 Å². The van der Waals surface area contributed by atoms with Gasteiger partial charge < -0.3 is 42.5 Å². The van der Waals surface area contributed by atoms with Crippen molar-refractivity contribution in [2.24, 2.45) is 17.4 Å². The zero-order valence-corrected chi connectivity index (χ0v) is 23.6. The Morgan fingerprint density at radius 2 is 1.69 bits per heavy atom. The van der Waals surface area contributed by atoms with E-state index in [4.69, 9.17) is 11.5 Å². The molecule has 10 N–H and O–H groups in total. The molecule has 0 fully saturated rings. The number of H-pyrrole nitrogens is 2. The van der Waals surface area contributed by atoms with Crippen LogP contribution in [0.1, 0.15) is 44.4 Å². The number of amides is 4. The van der Waals surface area contributed by atoms with Gasteiger partial charge in [-0.1, -0.05) is 38.5 Å². The number of nitrogens with zero attached hydrogens (tertiary/aromatic N) is 1. The molecule has 3 aromatic rings. The standard InChI is InChI=1S/C28H38N8O6/c1-3-15(2)24(36-25(38)19(29)8-9-23(30)37)27(40)34-21(11-17-13-31-14-33-17)26(39)35-22(28(41)42)10-16-12-32-20-7-5-4-6-18(16)20/h4-7,12-15,19,21-22,24,32H,3,8-11,29H2,1-2H3,(H2,30,37)(H,31,33)(H,34,40)(H,35,39)(H,36,38)(H,41,42). The number of nitrogens with one attached hydrogen (secondary N) is 5. The van der Waals surface area contributed by atoms with Crippen LogP contribution in [0.3, 0.4) is 0 Å². The van der Waals surface area contributed by atoms with E-state index in [1.165, 1.54) is 12.5 Å². The highest BCUT2D eigenvalue weighted by molar-refractivity contribution is 5.94. The number of para-hydroxylation sites is 1. The molecule has 14 heteroatoms. The molecule has 14 nitrogen and oxygen atoms in total. The average Bonchev–Trinajstić information content (AvgIpc) is 3.63. The van der Waals surface area contributed by atoms with E-state index in [1.807, 2.05) is 31.2 Å². The van der Waals surface area contributed by atoms with Crippen molar-refractivity contribution < 1.29 is 29.1 Å². The fourth-order valence-electron chi connectivity index (χ4n) is 4.47. The van der Waals surface area contributed by atoms with Crippen LogP contribution < -0.4 is 27.4 Å². The number of hydrogen-bond donors (Lipinski definition) is 8. The Kier molecular flexibility index (Phi) is 11.2. The van der Waals surface area contributed by atoms with Gasteiger partial charge in [-0.05, 0) is 24.0 Å². The number of aliphatic carboxylic acids is 1. The molecule has 42 heavy (non-hydrogen) atoms. The molecular formula is C28H38N8O6. The lowest BCUT2D eigenvalue weighted by molar-refractivity contribution is -0.142. The summed E-state index contributed by atoms with van der Waals surface area (Å²) < 4.78 is 0. The highest BCUT2D eigenvalue weighted by Gasteiger charge is 2.33. The molecule has 4 amide bonds. The van der Waals surface area contributed by atoms with Crippen LogP contribution in [0.2, 0.25) is 0 Å². The molecule has 0 aliphatic heterocycles. The third-order valence-electron chi connectivity index (χ3n) is 7.16. The van der Waals surface area contributed by atoms with Crippen molar-refractivity contribution in [1.29, 1.82) is 0 Å². The number of aromatic nitrogens is 3. The number of aromatic amines is 2. The molecule has 0 bridgehead atoms. The maximum Gasteiger partial charge on any atom is 0.326 e. The Hall–Kier alpha value is -4.72. The van der Waals surface area contributed by atoms with Crippen molar-refractivity contribution in [2.45, 2.75) is 70.1 Å². The molecule has 1 aromatic carbocycles. The van der Waals surface area contributed by atoms with E-state index >= 15 is 0 Å². The molecule has 0 aliphatic rings. The summed E-state index contributed by atoms with van der Waals surface area (Å²) in [6.07, 6.45) is 5.01. The fraction of sp³-hybridized carbons (Fsp3) is 0.429. The van der Waals surface area contributed by atoms with E-state index < -0.39 is 53.8 Å². The highest BCUT2D eigenvalue weighted by atomic mass is 16.4. The quantitative estimate of drug-likeness (QED) is 0.113. The van der Waals surface area contributed by atoms with Crippen LogP contribution >= 0.6 is 0 Å². The molecule has 3 rings (SSSR count). The van der Waals surface area contributed by atoms with Crippen molar-refractivity contribution in [3.63, 3.8) is 0 Å². The summed E-state index contributed by atoms with van der Waals surface area (Å²) in [7, 11) is 0. The Balaban J connectivity index is 1.78. The molecule has 2 heterocycles. The Morgan fingerprint density at radius 1 is 0.976 bits per heavy atom. The zero-order valence-electron chi connectivity index (χ0n) is 23.6. The van der Waals surface area contributed by atoms with Gasteiger partial charge in [-0.3, -0.25) is 19.2 Å². The van der Waals surface area contributed by atoms with Gasteiger partial charge in [-0.2, -0.15) is 0 Å². The Morgan fingerprint density at radius 3 is 2.33 bits per heavy atom. The number of rotatable bonds is 16. The first-order chi connectivity index (χ1) is 20.0. The lowest BCUT2D eigenvalue weighted by Gasteiger charge is -2.28. The normalized spacial score (nSPS) is 14.7. The van der Waals surface area contributed by atoms with Crippen LogP contribution in [-0.2, 0) is 36.8 Å². The van der Waals surface area contributed by atoms with Gasteiger partial charge in [0.25, 0.3) is 0 Å². The van der Waals surface area contributed by atoms with Crippen LogP contribution in [0, 0.1) is 5.92 Å². The number of carbonyl (C=O) groups is 5. The summed E-state index contributed by atoms with van der Waals surface area (Å²) >= 11 is 0. The fourth-order valence-corrected chi connectivity index (χ4v) is 4.47. The van der Waals surface area contributed by atoms with Gasteiger partial charge in [0.1, 0.15) is 18.1 Å². The van der Waals surface area contributed by atoms with Crippen LogP contribution in [0.15, 0.2) is 43.0 Å². The maximum atomic E-state index is 13.5. The number of fused-ring (bicyclic) bond motifs is 1. The predicted octanol–water partition coefficient (Wildman–Crippen LogP) is -0.146. The van der Waals surface area contributed by atoms with Crippen LogP contribution in [0.25, 0.3) is 10.9 Å². The SMILES string of the molecule is CCC(C)C(NC(=O)C(N)CCC(N)=O)C(=O)NC(Cc1cnc[nH]1)C(=O)NC(Cc1c[nH]c2ccccc12)C(=O)O. The molecule has 0 spiro atoms. The average molecular weight is 583 g/mol. The highest BCUT2D eigenvalue weighted by Crippen LogP contribution is 2.19. The smallest absolute Gasteiger partial charge is 0.326 e. The number of primary amides is 1. The third-order valence-corrected chi connectivity index (χ3v) is 7.16. The molecule has 0 radical (unpaired) electrons. The molecule has 5 unspecified atom stereocenters. The second-order valence-corrected chi connectivity index (χ2v) is 10.3. The first-order valence-electron chi connectivity index (χ1n) is 13.7. The molecular weight excluding hydrogens is 544 g/mol. The van der Waals surface area contributed by atoms with Crippen LogP contribution in [0.5, 0.6) is 0 Å². The first-order valence-corrected chi connectivity index (χ1v) is 13.7. The first kappa shape index (κ1) is 31.8. The Labute approximate surface area is 242 Å². The summed E-state index contributed by atoms with van der Waals surface area (Å²) in [5.74, 6) is -4.21. The summed E-state index contributed by atoms with van der Waals surface area (Å²) in [6, 6.07) is 2.79. The van der Waals surface area contributed by atoms with Gasteiger partial charge in [-0.15, -0.1) is 0 Å². The molecule has 226 valence electrons. The van der Waals surface area contributed by atoms with Crippen LogP contribution in [0.4, 0.5) is 0 Å². The van der Waals surface area contributed by atoms with Gasteiger partial charge in [0.2, 0.25) is 23.6 Å². The summed E-state index contributed by atoms with van der Waals surface area (Å²) in [4.78, 5) is 72.8. The second kappa shape index (κ2) is 14.8. The third kappa shape index (κ3) is 8.64. The minimum atomic E-state index is -1.29. The number of benzene rings is 1. The number of hydrogen-bond acceptors (Lipinski definition) is 7. The lowest BCUT2D eigenvalue weighted by Crippen LogP contribution is -2.59. The Bertz CT molecular complexity index is 1390. The monoisotopic (exact) mass is 582 g/mol. The van der Waals surface area contributed by atoms with Gasteiger partial charge in [-0.25, -0.2) is 9.78 Å². The number of carboxylic acid groups (broad SMARTS) is 1. The second-order valence-electron chi connectivity index (χ2n) is 10.3. The van der Waals surface area contributed by atoms with E-state index in [2.05, 4.69) is 30.9 Å². The molecule has 0 saturated carbocycles. The van der Waals surface area contributed by atoms with E-state index in [9.17, 15) is 29.1 Å². The number of imidazole rings is 1. The zero-order chi connectivity index (χ0) is 30.8. The number of nitrogens with two attached hydrogens (primary N) is 2. The molecule has 5 atom stereocenters. The summed E-state index contributed by atoms with van der Waals surface area (Å²) in [6.45, 7) is 3.59. The van der Waals surface area contributed by atoms with E-state index in [0.717, 1.165) is 10.9 Å². The minimum Gasteiger partial charge on any atom is -0.480 e. The molecule has 0 saturated heterocycles. The number of carbonyl (C=O) groups excluding carboxylic acids is 4. The van der Waals surface area contributed by atoms with E-state index in [0.29, 0.717) is 17.7 Å². The van der Waals surface area contributed by atoms with Crippen molar-refractivity contribution in [2.75, 3.05) is 0 Å². The largest absolute Gasteiger partial charge is 0.480 e. The van der Waals surface area contributed by atoms with E-state index in [-0.39, 0.29) is 31.6 Å². The van der Waals surface area contributed by atoms with Crippen molar-refractivity contribution in [3.05, 3.63) is 54.2 Å². The topological polar surface area (TPSA) is 238 Å². The van der Waals surface area contributed by atoms with Crippen LogP contribution in [-0.4, -0.2) is 73.8 Å². The minimum absolute atomic E-state index is 0.00452. The van der Waals surface area contributed by atoms with Gasteiger partial charge in [0, 0.05) is 48.3 Å². The van der Waals surface area contributed by atoms with Gasteiger partial charge >= 0.3 is 5.97 Å². The molecule has 0 aliphatic carbocycles. The molecule has 2 aromatic heterocycles. The van der Waals surface area contributed by atoms with Crippen molar-refractivity contribution >= 4 is 40.5 Å². The number of carboxylic acids is 1. The predicted molar refractivity (Wildman–Crippen MR) is 154 cm³/mol. The van der Waals surface area contributed by atoms with Gasteiger partial charge in [0.05, 0.1) is 12.4 Å². The summed E-state index contributed by atoms with van der Waals surface area (Å²) in [5.41, 5.74) is 13.1. The van der Waals surface area contributed by atoms with Crippen molar-refractivity contribution in [1.82, 2.24) is 30.9 Å². The lowest BCUT2D eigenvalue weighted by atomic mass is 9.96. The van der Waals surface area contributed by atoms with Gasteiger partial charge in [0.15, 0.2) is 0 Å².